The van der Waals surface area contributed by atoms with E-state index >= 15 is 0 Å². The van der Waals surface area contributed by atoms with E-state index in [2.05, 4.69) is 15.4 Å². The van der Waals surface area contributed by atoms with Crippen molar-refractivity contribution in [1.82, 2.24) is 10.6 Å². The zero-order valence-electron chi connectivity index (χ0n) is 15.0. The normalized spacial score (nSPS) is 12.8. The fraction of sp³-hybridized carbons (Fsp3) is 0.471. The van der Waals surface area contributed by atoms with Gasteiger partial charge in [-0.15, -0.1) is 0 Å². The quantitative estimate of drug-likeness (QED) is 0.609. The molecule has 0 saturated heterocycles. The Bertz CT molecular complexity index is 655. The fourth-order valence-electron chi connectivity index (χ4n) is 2.31. The number of halogens is 2. The molecule has 0 aliphatic heterocycles. The molecule has 26 heavy (non-hydrogen) atoms. The average molecular weight is 405 g/mol. The molecule has 1 aromatic carbocycles. The van der Waals surface area contributed by atoms with Crippen LogP contribution in [0, 0.1) is 0 Å². The van der Waals surface area contributed by atoms with Gasteiger partial charge >= 0.3 is 6.09 Å². The number of amides is 3. The summed E-state index contributed by atoms with van der Waals surface area (Å²) in [7, 11) is 0. The first kappa shape index (κ1) is 22.2. The molecule has 3 N–H and O–H groups in total. The Labute approximate surface area is 163 Å². The Kier molecular flexibility index (Phi) is 9.40. The maximum atomic E-state index is 12.3. The number of likely N-dealkylation sites (N-methyl/N-ethyl adjacent to an activating group) is 1. The van der Waals surface area contributed by atoms with Crippen LogP contribution in [0.2, 0.25) is 10.0 Å². The van der Waals surface area contributed by atoms with E-state index in [4.69, 9.17) is 23.2 Å². The van der Waals surface area contributed by atoms with E-state index in [1.54, 1.807) is 25.1 Å². The highest BCUT2D eigenvalue weighted by Gasteiger charge is 2.20. The lowest BCUT2D eigenvalue weighted by Crippen LogP contribution is -3.14. The Morgan fingerprint density at radius 2 is 1.81 bits per heavy atom. The molecule has 1 aromatic rings. The topological polar surface area (TPSA) is 88.9 Å². The smallest absolute Gasteiger partial charge is 0.414 e. The van der Waals surface area contributed by atoms with Crippen molar-refractivity contribution in [3.05, 3.63) is 33.8 Å². The number of carbonyl (C=O) groups is 3. The summed E-state index contributed by atoms with van der Waals surface area (Å²) >= 11 is 12.0. The van der Waals surface area contributed by atoms with Gasteiger partial charge in [0.1, 0.15) is 0 Å². The third kappa shape index (κ3) is 7.59. The van der Waals surface area contributed by atoms with E-state index in [0.717, 1.165) is 5.56 Å². The zero-order valence-corrected chi connectivity index (χ0v) is 16.5. The minimum Gasteiger partial charge on any atom is -0.450 e. The molecule has 0 radical (unpaired) electrons. The summed E-state index contributed by atoms with van der Waals surface area (Å²) in [6.45, 7) is 6.09. The van der Waals surface area contributed by atoms with Gasteiger partial charge in [-0.2, -0.15) is 0 Å². The summed E-state index contributed by atoms with van der Waals surface area (Å²) in [5.74, 6) is -0.730. The first-order valence-electron chi connectivity index (χ1n) is 8.31. The number of hydrogen-bond donors (Lipinski definition) is 3. The number of hydrogen-bond acceptors (Lipinski definition) is 4. The number of ether oxygens (including phenoxy) is 1. The molecular weight excluding hydrogens is 381 g/mol. The van der Waals surface area contributed by atoms with Crippen LogP contribution in [-0.4, -0.2) is 44.1 Å². The van der Waals surface area contributed by atoms with E-state index in [1.807, 2.05) is 13.8 Å². The number of alkyl carbamates (subject to hydrolysis) is 1. The van der Waals surface area contributed by atoms with Crippen molar-refractivity contribution in [3.8, 4) is 0 Å². The molecule has 7 nitrogen and oxygen atoms in total. The molecule has 9 heteroatoms. The van der Waals surface area contributed by atoms with Crippen LogP contribution >= 0.6 is 23.2 Å². The molecule has 3 amide bonds. The van der Waals surface area contributed by atoms with Crippen molar-refractivity contribution >= 4 is 41.1 Å². The summed E-state index contributed by atoms with van der Waals surface area (Å²) in [4.78, 5) is 36.0. The summed E-state index contributed by atoms with van der Waals surface area (Å²) in [6.07, 6.45) is -0.789. The number of nitrogens with one attached hydrogen (secondary N) is 3. The van der Waals surface area contributed by atoms with Gasteiger partial charge < -0.3 is 15.0 Å². The Hall–Kier alpha value is -1.83. The van der Waals surface area contributed by atoms with Gasteiger partial charge in [0.15, 0.2) is 13.1 Å². The van der Waals surface area contributed by atoms with Crippen LogP contribution in [0.1, 0.15) is 32.4 Å². The van der Waals surface area contributed by atoms with Crippen molar-refractivity contribution in [3.63, 3.8) is 0 Å². The van der Waals surface area contributed by atoms with Gasteiger partial charge in [-0.1, -0.05) is 29.3 Å². The van der Waals surface area contributed by atoms with E-state index in [9.17, 15) is 14.4 Å². The molecule has 1 unspecified atom stereocenters. The van der Waals surface area contributed by atoms with Gasteiger partial charge in [-0.3, -0.25) is 14.9 Å². The molecular formula is C17H24Cl2N3O4+. The predicted molar refractivity (Wildman–Crippen MR) is 99.4 cm³/mol. The molecule has 0 saturated carbocycles. The molecule has 2 atom stereocenters. The van der Waals surface area contributed by atoms with Crippen LogP contribution in [0.3, 0.4) is 0 Å². The van der Waals surface area contributed by atoms with Crippen LogP contribution in [0.4, 0.5) is 4.79 Å². The van der Waals surface area contributed by atoms with Crippen molar-refractivity contribution in [2.45, 2.75) is 26.8 Å². The van der Waals surface area contributed by atoms with Crippen molar-refractivity contribution in [2.24, 2.45) is 0 Å². The summed E-state index contributed by atoms with van der Waals surface area (Å²) in [5, 5.41) is 5.95. The van der Waals surface area contributed by atoms with Gasteiger partial charge in [-0.05, 0) is 38.5 Å². The van der Waals surface area contributed by atoms with E-state index < -0.39 is 12.0 Å². The lowest BCUT2D eigenvalue weighted by atomic mass is 10.1. The minimum absolute atomic E-state index is 0.0151. The van der Waals surface area contributed by atoms with Gasteiger partial charge in [0, 0.05) is 10.0 Å². The van der Waals surface area contributed by atoms with E-state index in [-0.39, 0.29) is 31.6 Å². The SMILES string of the molecule is CCOC(=O)NC(=O)C[NH+](CC)CC(=O)N[C@@H](C)c1ccc(Cl)cc1Cl. The molecule has 0 spiro atoms. The number of carbonyl (C=O) groups excluding carboxylic acids is 3. The average Bonchev–Trinajstić information content (AvgIpc) is 2.53. The highest BCUT2D eigenvalue weighted by atomic mass is 35.5. The summed E-state index contributed by atoms with van der Waals surface area (Å²) < 4.78 is 4.65. The molecule has 0 bridgehead atoms. The minimum atomic E-state index is -0.789. The van der Waals surface area contributed by atoms with Crippen molar-refractivity contribution in [1.29, 1.82) is 0 Å². The highest BCUT2D eigenvalue weighted by Crippen LogP contribution is 2.25. The molecule has 0 aliphatic rings. The molecule has 144 valence electrons. The molecule has 0 fully saturated rings. The van der Waals surface area contributed by atoms with Crippen molar-refractivity contribution < 1.29 is 24.0 Å². The zero-order chi connectivity index (χ0) is 19.7. The Balaban J connectivity index is 2.55. The highest BCUT2D eigenvalue weighted by molar-refractivity contribution is 6.35. The van der Waals surface area contributed by atoms with Gasteiger partial charge in [0.2, 0.25) is 0 Å². The molecule has 0 aliphatic carbocycles. The predicted octanol–water partition coefficient (Wildman–Crippen LogP) is 1.35. The number of benzene rings is 1. The molecule has 1 rings (SSSR count). The van der Waals surface area contributed by atoms with Crippen LogP contribution in [0.15, 0.2) is 18.2 Å². The van der Waals surface area contributed by atoms with E-state index in [0.29, 0.717) is 21.5 Å². The monoisotopic (exact) mass is 404 g/mol. The van der Waals surface area contributed by atoms with Gasteiger partial charge in [0.25, 0.3) is 11.8 Å². The summed E-state index contributed by atoms with van der Waals surface area (Å²) in [5.41, 5.74) is 0.752. The third-order valence-electron chi connectivity index (χ3n) is 3.64. The Morgan fingerprint density at radius 1 is 1.15 bits per heavy atom. The second-order valence-corrected chi connectivity index (χ2v) is 6.52. The number of quaternary nitrogens is 1. The Morgan fingerprint density at radius 3 is 2.38 bits per heavy atom. The van der Waals surface area contributed by atoms with Crippen LogP contribution in [0.25, 0.3) is 0 Å². The maximum Gasteiger partial charge on any atom is 0.414 e. The van der Waals surface area contributed by atoms with Crippen LogP contribution in [-0.2, 0) is 14.3 Å². The van der Waals surface area contributed by atoms with Gasteiger partial charge in [-0.25, -0.2) is 4.79 Å². The number of rotatable bonds is 8. The largest absolute Gasteiger partial charge is 0.450 e. The standard InChI is InChI=1S/C17H23Cl2N3O4/c1-4-22(10-16(24)21-17(25)26-5-2)9-15(23)20-11(3)13-7-6-12(18)8-14(13)19/h6-8,11H,4-5,9-10H2,1-3H3,(H,20,23)(H,21,24,25)/p+1/t11-/m0/s1. The van der Waals surface area contributed by atoms with E-state index in [1.165, 1.54) is 0 Å². The first-order valence-corrected chi connectivity index (χ1v) is 9.06. The maximum absolute atomic E-state index is 12.3. The number of imide groups is 1. The lowest BCUT2D eigenvalue weighted by molar-refractivity contribution is -0.881. The van der Waals surface area contributed by atoms with Crippen LogP contribution < -0.4 is 15.5 Å². The first-order chi connectivity index (χ1) is 12.3. The molecule has 0 aromatic heterocycles. The van der Waals surface area contributed by atoms with Crippen molar-refractivity contribution in [2.75, 3.05) is 26.2 Å². The third-order valence-corrected chi connectivity index (χ3v) is 4.21. The van der Waals surface area contributed by atoms with Crippen LogP contribution in [0.5, 0.6) is 0 Å². The second kappa shape index (κ2) is 11.0. The second-order valence-electron chi connectivity index (χ2n) is 5.68. The lowest BCUT2D eigenvalue weighted by Gasteiger charge is -2.19. The fourth-order valence-corrected chi connectivity index (χ4v) is 2.89. The van der Waals surface area contributed by atoms with Gasteiger partial charge in [0.05, 0.1) is 19.2 Å². The molecule has 0 heterocycles. The summed E-state index contributed by atoms with van der Waals surface area (Å²) in [6, 6.07) is 4.77.